The molecule has 2 rings (SSSR count). The first-order valence-corrected chi connectivity index (χ1v) is 8.33. The zero-order valence-corrected chi connectivity index (χ0v) is 17.7. The Balaban J connectivity index is 0.00000312. The number of furan rings is 1. The number of piperidine rings is 1. The molecule has 0 unspecified atom stereocenters. The minimum Gasteiger partial charge on any atom is -0.465 e. The lowest BCUT2D eigenvalue weighted by Gasteiger charge is -2.33. The summed E-state index contributed by atoms with van der Waals surface area (Å²) in [6.07, 6.45) is 2.35. The van der Waals surface area contributed by atoms with Crippen molar-refractivity contribution in [3.05, 3.63) is 23.2 Å². The fraction of sp³-hybridized carbons (Fsp3) is 0.647. The quantitative estimate of drug-likeness (QED) is 0.312. The van der Waals surface area contributed by atoms with Gasteiger partial charge in [0.25, 0.3) is 0 Å². The second kappa shape index (κ2) is 10.6. The Labute approximate surface area is 166 Å². The van der Waals surface area contributed by atoms with E-state index in [1.807, 2.05) is 6.92 Å². The van der Waals surface area contributed by atoms with Gasteiger partial charge in [-0.25, -0.2) is 4.79 Å². The molecule has 0 amide bonds. The monoisotopic (exact) mass is 465 g/mol. The van der Waals surface area contributed by atoms with E-state index in [1.54, 1.807) is 20.0 Å². The molecule has 0 aromatic carbocycles. The number of ether oxygens (including phenoxy) is 2. The second-order valence-electron chi connectivity index (χ2n) is 5.72. The number of aryl methyl sites for hydroxylation is 1. The summed E-state index contributed by atoms with van der Waals surface area (Å²) >= 11 is 0. The summed E-state index contributed by atoms with van der Waals surface area (Å²) in [5.41, 5.74) is 0.460. The molecule has 1 saturated heterocycles. The van der Waals surface area contributed by atoms with Crippen LogP contribution in [0.15, 0.2) is 15.5 Å². The molecule has 0 spiro atoms. The van der Waals surface area contributed by atoms with Crippen molar-refractivity contribution in [2.75, 3.05) is 33.9 Å². The molecule has 0 atom stereocenters. The third kappa shape index (κ3) is 5.88. The lowest BCUT2D eigenvalue weighted by molar-refractivity contribution is 0.0263. The number of nitrogens with zero attached hydrogens (tertiary/aromatic N) is 2. The Morgan fingerprint density at radius 3 is 2.68 bits per heavy atom. The molecule has 25 heavy (non-hydrogen) atoms. The van der Waals surface area contributed by atoms with Gasteiger partial charge in [-0.1, -0.05) is 0 Å². The number of aliphatic imine (C=N–C) groups is 1. The number of esters is 1. The number of halogens is 1. The summed E-state index contributed by atoms with van der Waals surface area (Å²) in [5.74, 6) is 1.69. The largest absolute Gasteiger partial charge is 0.465 e. The highest BCUT2D eigenvalue weighted by Gasteiger charge is 2.22. The molecule has 142 valence electrons. The molecule has 1 fully saturated rings. The van der Waals surface area contributed by atoms with Gasteiger partial charge in [-0.15, -0.1) is 24.0 Å². The zero-order valence-electron chi connectivity index (χ0n) is 15.3. The van der Waals surface area contributed by atoms with Gasteiger partial charge in [0, 0.05) is 26.7 Å². The van der Waals surface area contributed by atoms with Gasteiger partial charge in [0.05, 0.1) is 19.8 Å². The summed E-state index contributed by atoms with van der Waals surface area (Å²) in [7, 11) is 3.13. The predicted molar refractivity (Wildman–Crippen MR) is 107 cm³/mol. The van der Waals surface area contributed by atoms with E-state index in [0.717, 1.165) is 38.5 Å². The molecular formula is C17H28IN3O4. The lowest BCUT2D eigenvalue weighted by atomic mass is 10.1. The molecule has 7 nitrogen and oxygen atoms in total. The standard InChI is InChI=1S/C17H27N3O4.HI/c1-5-23-13-6-8-20(9-7-13)17(18-3)19-11-14-10-15(12(2)24-14)16(21)22-4;/h10,13H,5-9,11H2,1-4H3,(H,18,19);1H. The van der Waals surface area contributed by atoms with Crippen molar-refractivity contribution in [3.63, 3.8) is 0 Å². The van der Waals surface area contributed by atoms with E-state index in [4.69, 9.17) is 13.9 Å². The van der Waals surface area contributed by atoms with E-state index in [-0.39, 0.29) is 29.9 Å². The smallest absolute Gasteiger partial charge is 0.341 e. The molecule has 1 aromatic heterocycles. The highest BCUT2D eigenvalue weighted by Crippen LogP contribution is 2.16. The number of methoxy groups -OCH3 is 1. The van der Waals surface area contributed by atoms with Crippen molar-refractivity contribution in [1.82, 2.24) is 10.2 Å². The topological polar surface area (TPSA) is 76.3 Å². The number of nitrogens with one attached hydrogen (secondary N) is 1. The van der Waals surface area contributed by atoms with Crippen LogP contribution in [-0.2, 0) is 16.0 Å². The Kier molecular flexibility index (Phi) is 9.26. The van der Waals surface area contributed by atoms with Gasteiger partial charge in [0.1, 0.15) is 17.1 Å². The summed E-state index contributed by atoms with van der Waals surface area (Å²) in [5, 5.41) is 3.29. The first-order valence-electron chi connectivity index (χ1n) is 8.33. The molecule has 1 aromatic rings. The predicted octanol–water partition coefficient (Wildman–Crippen LogP) is 2.57. The molecule has 2 heterocycles. The van der Waals surface area contributed by atoms with E-state index in [1.165, 1.54) is 7.11 Å². The van der Waals surface area contributed by atoms with Gasteiger partial charge in [-0.2, -0.15) is 0 Å². The van der Waals surface area contributed by atoms with Crippen LogP contribution in [0.2, 0.25) is 0 Å². The Hall–Kier alpha value is -1.29. The SMILES string of the molecule is CCOC1CCN(C(=NC)NCc2cc(C(=O)OC)c(C)o2)CC1.I. The molecule has 8 heteroatoms. The van der Waals surface area contributed by atoms with Crippen LogP contribution in [0.4, 0.5) is 0 Å². The van der Waals surface area contributed by atoms with Crippen molar-refractivity contribution in [2.24, 2.45) is 4.99 Å². The third-order valence-electron chi connectivity index (χ3n) is 4.15. The summed E-state index contributed by atoms with van der Waals surface area (Å²) in [4.78, 5) is 18.2. The van der Waals surface area contributed by atoms with E-state index in [9.17, 15) is 4.79 Å². The van der Waals surface area contributed by atoms with Gasteiger partial charge in [0.15, 0.2) is 5.96 Å². The summed E-state index contributed by atoms with van der Waals surface area (Å²) in [6, 6.07) is 1.71. The Morgan fingerprint density at radius 1 is 1.44 bits per heavy atom. The fourth-order valence-corrected chi connectivity index (χ4v) is 2.91. The van der Waals surface area contributed by atoms with E-state index in [0.29, 0.717) is 29.7 Å². The number of carbonyl (C=O) groups excluding carboxylic acids is 1. The van der Waals surface area contributed by atoms with Crippen molar-refractivity contribution in [2.45, 2.75) is 39.3 Å². The number of guanidine groups is 1. The maximum absolute atomic E-state index is 11.6. The minimum atomic E-state index is -0.384. The lowest BCUT2D eigenvalue weighted by Crippen LogP contribution is -2.46. The number of carbonyl (C=O) groups is 1. The van der Waals surface area contributed by atoms with Gasteiger partial charge >= 0.3 is 5.97 Å². The number of rotatable bonds is 5. The fourth-order valence-electron chi connectivity index (χ4n) is 2.91. The van der Waals surface area contributed by atoms with Crippen molar-refractivity contribution in [3.8, 4) is 0 Å². The molecule has 0 bridgehead atoms. The first-order chi connectivity index (χ1) is 11.6. The second-order valence-corrected chi connectivity index (χ2v) is 5.72. The molecule has 0 radical (unpaired) electrons. The maximum Gasteiger partial charge on any atom is 0.341 e. The first kappa shape index (κ1) is 21.8. The third-order valence-corrected chi connectivity index (χ3v) is 4.15. The average Bonchev–Trinajstić information content (AvgIpc) is 2.97. The number of likely N-dealkylation sites (tertiary alicyclic amines) is 1. The van der Waals surface area contributed by atoms with Crippen LogP contribution in [0, 0.1) is 6.92 Å². The van der Waals surface area contributed by atoms with Crippen LogP contribution in [0.1, 0.15) is 41.6 Å². The van der Waals surface area contributed by atoms with E-state index in [2.05, 4.69) is 15.2 Å². The highest BCUT2D eigenvalue weighted by atomic mass is 127. The minimum absolute atomic E-state index is 0. The van der Waals surface area contributed by atoms with Crippen LogP contribution in [0.25, 0.3) is 0 Å². The van der Waals surface area contributed by atoms with Crippen LogP contribution >= 0.6 is 24.0 Å². The van der Waals surface area contributed by atoms with Crippen molar-refractivity contribution >= 4 is 35.9 Å². The van der Waals surface area contributed by atoms with Gasteiger partial charge < -0.3 is 24.1 Å². The highest BCUT2D eigenvalue weighted by molar-refractivity contribution is 14.0. The maximum atomic E-state index is 11.6. The Morgan fingerprint density at radius 2 is 2.12 bits per heavy atom. The normalized spacial score (nSPS) is 15.7. The van der Waals surface area contributed by atoms with Crippen LogP contribution in [0.5, 0.6) is 0 Å². The molecule has 0 aliphatic carbocycles. The van der Waals surface area contributed by atoms with Gasteiger partial charge in [0.2, 0.25) is 0 Å². The number of hydrogen-bond acceptors (Lipinski definition) is 5. The van der Waals surface area contributed by atoms with Gasteiger partial charge in [-0.3, -0.25) is 4.99 Å². The molecule has 1 N–H and O–H groups in total. The average molecular weight is 465 g/mol. The van der Waals surface area contributed by atoms with E-state index < -0.39 is 0 Å². The van der Waals surface area contributed by atoms with Crippen LogP contribution in [0.3, 0.4) is 0 Å². The summed E-state index contributed by atoms with van der Waals surface area (Å²) in [6.45, 7) is 6.83. The van der Waals surface area contributed by atoms with E-state index >= 15 is 0 Å². The zero-order chi connectivity index (χ0) is 17.5. The van der Waals surface area contributed by atoms with Crippen LogP contribution < -0.4 is 5.32 Å². The molecular weight excluding hydrogens is 437 g/mol. The number of hydrogen-bond donors (Lipinski definition) is 1. The van der Waals surface area contributed by atoms with Crippen molar-refractivity contribution < 1.29 is 18.7 Å². The van der Waals surface area contributed by atoms with Crippen molar-refractivity contribution in [1.29, 1.82) is 0 Å². The molecule has 0 saturated carbocycles. The summed E-state index contributed by atoms with van der Waals surface area (Å²) < 4.78 is 16.0. The molecule has 1 aliphatic rings. The van der Waals surface area contributed by atoms with Crippen LogP contribution in [-0.4, -0.2) is 56.8 Å². The van der Waals surface area contributed by atoms with Gasteiger partial charge in [-0.05, 0) is 32.8 Å². The molecule has 1 aliphatic heterocycles. The Bertz CT molecular complexity index is 580.